The molecule has 0 fully saturated rings. The molecule has 1 aliphatic heterocycles. The number of non-ortho nitro benzene ring substituents is 1. The summed E-state index contributed by atoms with van der Waals surface area (Å²) in [7, 11) is 0. The van der Waals surface area contributed by atoms with Gasteiger partial charge in [-0.25, -0.2) is 4.79 Å². The first-order chi connectivity index (χ1) is 14.0. The number of nitro benzene ring substituents is 1. The Morgan fingerprint density at radius 3 is 2.62 bits per heavy atom. The minimum Gasteiger partial charge on any atom is -0.424 e. The lowest BCUT2D eigenvalue weighted by atomic mass is 9.92. The molecule has 2 heterocycles. The number of carbonyl (C=O) groups excluding carboxylic acids is 1. The van der Waals surface area contributed by atoms with E-state index in [1.165, 1.54) is 12.1 Å². The van der Waals surface area contributed by atoms with Crippen molar-refractivity contribution in [1.29, 1.82) is 0 Å². The van der Waals surface area contributed by atoms with E-state index in [0.29, 0.717) is 22.2 Å². The summed E-state index contributed by atoms with van der Waals surface area (Å²) in [6.45, 7) is 1.95. The second-order valence-electron chi connectivity index (χ2n) is 6.88. The number of cyclic esters (lactones) is 1. The fourth-order valence-electron chi connectivity index (χ4n) is 3.78. The molecular weight excluding hydrogens is 372 g/mol. The first-order valence-electron chi connectivity index (χ1n) is 8.91. The maximum Gasteiger partial charge on any atom is 0.341 e. The number of fused-ring (bicyclic) bond motifs is 2. The maximum absolute atomic E-state index is 12.8. The van der Waals surface area contributed by atoms with Crippen LogP contribution in [0.15, 0.2) is 66.7 Å². The van der Waals surface area contributed by atoms with Crippen molar-refractivity contribution in [3.05, 3.63) is 99.1 Å². The number of esters is 1. The predicted molar refractivity (Wildman–Crippen MR) is 103 cm³/mol. The predicted octanol–water partition coefficient (Wildman–Crippen LogP) is 3.57. The molecule has 8 heteroatoms. The lowest BCUT2D eigenvalue weighted by Crippen LogP contribution is -2.37. The van der Waals surface area contributed by atoms with Crippen LogP contribution in [0.25, 0.3) is 11.0 Å². The van der Waals surface area contributed by atoms with Crippen LogP contribution in [-0.4, -0.2) is 25.9 Å². The van der Waals surface area contributed by atoms with Crippen LogP contribution in [0.3, 0.4) is 0 Å². The van der Waals surface area contributed by atoms with Crippen LogP contribution in [0.5, 0.6) is 0 Å². The van der Waals surface area contributed by atoms with Crippen LogP contribution in [0.2, 0.25) is 0 Å². The number of nitrogens with zero attached hydrogens (tertiary/aromatic N) is 4. The molecule has 1 atom stereocenters. The minimum absolute atomic E-state index is 0.138. The van der Waals surface area contributed by atoms with Crippen molar-refractivity contribution in [1.82, 2.24) is 15.0 Å². The zero-order valence-corrected chi connectivity index (χ0v) is 15.3. The SMILES string of the molecule is Cc1ccc2c(c1)nnn2C1(c2ccccc2)OC(=O)c2cc([N+](=O)[O-])ccc21. The number of aromatic nitrogens is 3. The van der Waals surface area contributed by atoms with E-state index in [1.54, 1.807) is 10.7 Å². The van der Waals surface area contributed by atoms with Gasteiger partial charge in [-0.05, 0) is 30.7 Å². The number of rotatable bonds is 3. The van der Waals surface area contributed by atoms with Gasteiger partial charge in [-0.2, -0.15) is 4.68 Å². The Labute approximate surface area is 164 Å². The molecule has 0 saturated heterocycles. The van der Waals surface area contributed by atoms with Crippen LogP contribution >= 0.6 is 0 Å². The van der Waals surface area contributed by atoms with Gasteiger partial charge in [-0.1, -0.05) is 41.6 Å². The standard InChI is InChI=1S/C21H14N4O4/c1-13-7-10-19-18(11-13)22-23-24(19)21(14-5-3-2-4-6-14)17-9-8-15(25(27)28)12-16(17)20(26)29-21/h2-12H,1H3. The summed E-state index contributed by atoms with van der Waals surface area (Å²) in [4.78, 5) is 23.5. The summed E-state index contributed by atoms with van der Waals surface area (Å²) in [6.07, 6.45) is 0. The molecule has 5 rings (SSSR count). The molecule has 29 heavy (non-hydrogen) atoms. The largest absolute Gasteiger partial charge is 0.424 e. The van der Waals surface area contributed by atoms with Gasteiger partial charge in [0.1, 0.15) is 5.52 Å². The number of carbonyl (C=O) groups is 1. The fraction of sp³-hybridized carbons (Fsp3) is 0.0952. The summed E-state index contributed by atoms with van der Waals surface area (Å²) in [5, 5.41) is 19.8. The van der Waals surface area contributed by atoms with E-state index in [4.69, 9.17) is 4.74 Å². The Bertz CT molecular complexity index is 1300. The van der Waals surface area contributed by atoms with Crippen molar-refractivity contribution in [2.45, 2.75) is 12.6 Å². The van der Waals surface area contributed by atoms with Gasteiger partial charge >= 0.3 is 5.97 Å². The second-order valence-corrected chi connectivity index (χ2v) is 6.88. The average Bonchev–Trinajstić information content (AvgIpc) is 3.27. The summed E-state index contributed by atoms with van der Waals surface area (Å²) < 4.78 is 7.48. The first kappa shape index (κ1) is 17.1. The first-order valence-corrected chi connectivity index (χ1v) is 8.91. The maximum atomic E-state index is 12.8. The van der Waals surface area contributed by atoms with Crippen LogP contribution < -0.4 is 0 Å². The fourth-order valence-corrected chi connectivity index (χ4v) is 3.78. The molecule has 0 radical (unpaired) electrons. The molecular formula is C21H14N4O4. The van der Waals surface area contributed by atoms with Crippen LogP contribution in [-0.2, 0) is 10.5 Å². The molecule has 0 N–H and O–H groups in total. The summed E-state index contributed by atoms with van der Waals surface area (Å²) in [5.41, 5.74) is 2.05. The normalized spacial score (nSPS) is 17.9. The van der Waals surface area contributed by atoms with Crippen molar-refractivity contribution in [3.63, 3.8) is 0 Å². The molecule has 0 saturated carbocycles. The molecule has 3 aromatic carbocycles. The number of hydrogen-bond donors (Lipinski definition) is 0. The highest BCUT2D eigenvalue weighted by molar-refractivity contribution is 5.96. The van der Waals surface area contributed by atoms with E-state index in [0.717, 1.165) is 5.56 Å². The van der Waals surface area contributed by atoms with Crippen molar-refractivity contribution in [2.75, 3.05) is 0 Å². The van der Waals surface area contributed by atoms with E-state index >= 15 is 0 Å². The van der Waals surface area contributed by atoms with Gasteiger partial charge in [-0.15, -0.1) is 5.10 Å². The highest BCUT2D eigenvalue weighted by Crippen LogP contribution is 2.44. The van der Waals surface area contributed by atoms with Gasteiger partial charge in [0.05, 0.1) is 16.0 Å². The van der Waals surface area contributed by atoms with Crippen LogP contribution in [0.1, 0.15) is 27.0 Å². The smallest absolute Gasteiger partial charge is 0.341 e. The third-order valence-corrected chi connectivity index (χ3v) is 5.10. The Morgan fingerprint density at radius 2 is 1.86 bits per heavy atom. The van der Waals surface area contributed by atoms with E-state index in [-0.39, 0.29) is 11.3 Å². The molecule has 1 unspecified atom stereocenters. The molecule has 0 bridgehead atoms. The van der Waals surface area contributed by atoms with Gasteiger partial charge < -0.3 is 4.74 Å². The molecule has 0 spiro atoms. The summed E-state index contributed by atoms with van der Waals surface area (Å²) in [5.74, 6) is -0.650. The third-order valence-electron chi connectivity index (χ3n) is 5.10. The van der Waals surface area contributed by atoms with Crippen molar-refractivity contribution < 1.29 is 14.5 Å². The quantitative estimate of drug-likeness (QED) is 0.303. The molecule has 0 amide bonds. The van der Waals surface area contributed by atoms with Gasteiger partial charge in [0, 0.05) is 23.3 Å². The van der Waals surface area contributed by atoms with E-state index in [9.17, 15) is 14.9 Å². The highest BCUT2D eigenvalue weighted by atomic mass is 16.6. The Morgan fingerprint density at radius 1 is 1.07 bits per heavy atom. The zero-order chi connectivity index (χ0) is 20.2. The van der Waals surface area contributed by atoms with Crippen molar-refractivity contribution in [2.24, 2.45) is 0 Å². The Balaban J connectivity index is 1.86. The van der Waals surface area contributed by atoms with Crippen LogP contribution in [0, 0.1) is 17.0 Å². The van der Waals surface area contributed by atoms with Crippen LogP contribution in [0.4, 0.5) is 5.69 Å². The second kappa shape index (κ2) is 5.96. The van der Waals surface area contributed by atoms with E-state index in [2.05, 4.69) is 10.3 Å². The lowest BCUT2D eigenvalue weighted by Gasteiger charge is -2.29. The topological polar surface area (TPSA) is 100 Å². The van der Waals surface area contributed by atoms with Crippen molar-refractivity contribution >= 4 is 22.7 Å². The molecule has 1 aromatic heterocycles. The number of hydrogen-bond acceptors (Lipinski definition) is 6. The Hall–Kier alpha value is -4.07. The molecule has 4 aromatic rings. The number of nitro groups is 1. The molecule has 0 aliphatic carbocycles. The number of aryl methyl sites for hydroxylation is 1. The monoisotopic (exact) mass is 386 g/mol. The molecule has 1 aliphatic rings. The molecule has 142 valence electrons. The number of benzene rings is 3. The third kappa shape index (κ3) is 2.35. The van der Waals surface area contributed by atoms with Gasteiger partial charge in [0.15, 0.2) is 0 Å². The van der Waals surface area contributed by atoms with E-state index < -0.39 is 16.6 Å². The van der Waals surface area contributed by atoms with Gasteiger partial charge in [-0.3, -0.25) is 10.1 Å². The summed E-state index contributed by atoms with van der Waals surface area (Å²) >= 11 is 0. The number of ether oxygens (including phenoxy) is 1. The average molecular weight is 386 g/mol. The van der Waals surface area contributed by atoms with Crippen molar-refractivity contribution in [3.8, 4) is 0 Å². The van der Waals surface area contributed by atoms with Gasteiger partial charge in [0.2, 0.25) is 0 Å². The lowest BCUT2D eigenvalue weighted by molar-refractivity contribution is -0.384. The van der Waals surface area contributed by atoms with E-state index in [1.807, 2.05) is 55.5 Å². The highest BCUT2D eigenvalue weighted by Gasteiger charge is 2.51. The summed E-state index contributed by atoms with van der Waals surface area (Å²) in [6, 6.07) is 19.0. The molecule has 8 nitrogen and oxygen atoms in total. The Kier molecular flexibility index (Phi) is 3.51. The van der Waals surface area contributed by atoms with Gasteiger partial charge in [0.25, 0.3) is 11.4 Å². The minimum atomic E-state index is -1.41. The zero-order valence-electron chi connectivity index (χ0n) is 15.3.